The highest BCUT2D eigenvalue weighted by Gasteiger charge is 2.13. The lowest BCUT2D eigenvalue weighted by atomic mass is 10.1. The monoisotopic (exact) mass is 290 g/mol. The van der Waals surface area contributed by atoms with Crippen LogP contribution in [-0.4, -0.2) is 17.1 Å². The van der Waals surface area contributed by atoms with Crippen LogP contribution in [0.25, 0.3) is 11.3 Å². The van der Waals surface area contributed by atoms with Gasteiger partial charge in [-0.1, -0.05) is 12.1 Å². The third-order valence-corrected chi connectivity index (χ3v) is 3.23. The first kappa shape index (κ1) is 15.7. The first-order valence-electron chi connectivity index (χ1n) is 7.32. The quantitative estimate of drug-likeness (QED) is 0.842. The Morgan fingerprint density at radius 1 is 1.29 bits per heavy atom. The molecule has 0 atom stereocenters. The molecule has 0 aliphatic carbocycles. The van der Waals surface area contributed by atoms with E-state index in [-0.39, 0.29) is 11.4 Å². The molecule has 0 amide bonds. The van der Waals surface area contributed by atoms with Crippen LogP contribution in [-0.2, 0) is 6.42 Å². The van der Waals surface area contributed by atoms with E-state index in [0.717, 1.165) is 19.4 Å². The van der Waals surface area contributed by atoms with Gasteiger partial charge in [0.2, 0.25) is 0 Å². The number of halogens is 1. The third-order valence-electron chi connectivity index (χ3n) is 3.23. The molecule has 21 heavy (non-hydrogen) atoms. The summed E-state index contributed by atoms with van der Waals surface area (Å²) >= 11 is 0. The minimum atomic E-state index is -0.241. The summed E-state index contributed by atoms with van der Waals surface area (Å²) in [5, 5.41) is 3.42. The maximum absolute atomic E-state index is 14.0. The normalized spacial score (nSPS) is 11.9. The van der Waals surface area contributed by atoms with Gasteiger partial charge in [-0.15, -0.1) is 0 Å². The molecule has 2 aromatic rings. The second-order valence-corrected chi connectivity index (χ2v) is 6.34. The number of rotatable bonds is 5. The Morgan fingerprint density at radius 3 is 2.76 bits per heavy atom. The van der Waals surface area contributed by atoms with Crippen LogP contribution < -0.4 is 5.32 Å². The van der Waals surface area contributed by atoms with Crippen molar-refractivity contribution < 1.29 is 8.81 Å². The van der Waals surface area contributed by atoms with Gasteiger partial charge in [0.05, 0.1) is 11.8 Å². The van der Waals surface area contributed by atoms with E-state index in [0.29, 0.717) is 22.8 Å². The number of oxazole rings is 1. The summed E-state index contributed by atoms with van der Waals surface area (Å²) < 4.78 is 19.7. The molecule has 1 aromatic heterocycles. The van der Waals surface area contributed by atoms with Crippen molar-refractivity contribution in [3.8, 4) is 11.3 Å². The minimum Gasteiger partial charge on any atom is -0.441 e. The molecule has 0 saturated carbocycles. The zero-order chi connectivity index (χ0) is 15.5. The fourth-order valence-corrected chi connectivity index (χ4v) is 2.09. The summed E-state index contributed by atoms with van der Waals surface area (Å²) in [6, 6.07) is 5.28. The summed E-state index contributed by atoms with van der Waals surface area (Å²) in [6.45, 7) is 9.05. The predicted octanol–water partition coefficient (Wildman–Crippen LogP) is 4.11. The van der Waals surface area contributed by atoms with Gasteiger partial charge in [0.1, 0.15) is 5.82 Å². The van der Waals surface area contributed by atoms with Crippen molar-refractivity contribution in [3.05, 3.63) is 41.7 Å². The SMILES string of the molecule is Cc1cccc(-c2cnc(CCCNC(C)(C)C)o2)c1F. The fraction of sp³-hybridized carbons (Fsp3) is 0.471. The second kappa shape index (κ2) is 6.39. The van der Waals surface area contributed by atoms with Gasteiger partial charge < -0.3 is 9.73 Å². The van der Waals surface area contributed by atoms with Gasteiger partial charge in [-0.2, -0.15) is 0 Å². The van der Waals surface area contributed by atoms with Crippen molar-refractivity contribution in [2.45, 2.75) is 46.1 Å². The topological polar surface area (TPSA) is 38.1 Å². The smallest absolute Gasteiger partial charge is 0.194 e. The molecule has 1 heterocycles. The standard InChI is InChI=1S/C17H23FN2O/c1-12-7-5-8-13(16(12)18)14-11-19-15(21-14)9-6-10-20-17(2,3)4/h5,7-8,11,20H,6,9-10H2,1-4H3. The second-order valence-electron chi connectivity index (χ2n) is 6.34. The highest BCUT2D eigenvalue weighted by molar-refractivity contribution is 5.58. The minimum absolute atomic E-state index is 0.118. The number of hydrogen-bond donors (Lipinski definition) is 1. The van der Waals surface area contributed by atoms with Crippen LogP contribution in [0.1, 0.15) is 38.6 Å². The van der Waals surface area contributed by atoms with Crippen LogP contribution in [0.2, 0.25) is 0 Å². The summed E-state index contributed by atoms with van der Waals surface area (Å²) in [7, 11) is 0. The molecule has 3 nitrogen and oxygen atoms in total. The van der Waals surface area contributed by atoms with E-state index in [1.165, 1.54) is 0 Å². The largest absolute Gasteiger partial charge is 0.441 e. The van der Waals surface area contributed by atoms with Crippen LogP contribution in [0.15, 0.2) is 28.8 Å². The molecule has 0 spiro atoms. The zero-order valence-corrected chi connectivity index (χ0v) is 13.2. The summed E-state index contributed by atoms with van der Waals surface area (Å²) in [5.41, 5.74) is 1.20. The van der Waals surface area contributed by atoms with Crippen LogP contribution >= 0.6 is 0 Å². The predicted molar refractivity (Wildman–Crippen MR) is 82.7 cm³/mol. The lowest BCUT2D eigenvalue weighted by Gasteiger charge is -2.20. The van der Waals surface area contributed by atoms with E-state index < -0.39 is 0 Å². The average Bonchev–Trinajstić information content (AvgIpc) is 2.85. The first-order chi connectivity index (χ1) is 9.87. The summed E-state index contributed by atoms with van der Waals surface area (Å²) in [5.74, 6) is 0.909. The van der Waals surface area contributed by atoms with Crippen molar-refractivity contribution in [1.29, 1.82) is 0 Å². The zero-order valence-electron chi connectivity index (χ0n) is 13.2. The van der Waals surface area contributed by atoms with Crippen LogP contribution in [0.3, 0.4) is 0 Å². The number of nitrogens with zero attached hydrogens (tertiary/aromatic N) is 1. The van der Waals surface area contributed by atoms with E-state index >= 15 is 0 Å². The van der Waals surface area contributed by atoms with E-state index in [2.05, 4.69) is 31.1 Å². The van der Waals surface area contributed by atoms with Crippen LogP contribution in [0.4, 0.5) is 4.39 Å². The molecular formula is C17H23FN2O. The maximum Gasteiger partial charge on any atom is 0.194 e. The molecule has 114 valence electrons. The van der Waals surface area contributed by atoms with Gasteiger partial charge in [0.15, 0.2) is 11.7 Å². The fourth-order valence-electron chi connectivity index (χ4n) is 2.09. The Morgan fingerprint density at radius 2 is 2.05 bits per heavy atom. The molecule has 0 bridgehead atoms. The molecule has 0 aliphatic rings. The molecule has 0 radical (unpaired) electrons. The maximum atomic E-state index is 14.0. The molecule has 4 heteroatoms. The van der Waals surface area contributed by atoms with Crippen molar-refractivity contribution in [2.24, 2.45) is 0 Å². The van der Waals surface area contributed by atoms with Crippen LogP contribution in [0.5, 0.6) is 0 Å². The van der Waals surface area contributed by atoms with E-state index in [1.807, 2.05) is 6.07 Å². The van der Waals surface area contributed by atoms with Gasteiger partial charge in [-0.25, -0.2) is 9.37 Å². The van der Waals surface area contributed by atoms with Crippen molar-refractivity contribution in [1.82, 2.24) is 10.3 Å². The highest BCUT2D eigenvalue weighted by Crippen LogP contribution is 2.25. The van der Waals surface area contributed by atoms with Gasteiger partial charge in [0.25, 0.3) is 0 Å². The number of aryl methyl sites for hydroxylation is 2. The molecule has 1 N–H and O–H groups in total. The number of benzene rings is 1. The van der Waals surface area contributed by atoms with Gasteiger partial charge in [-0.3, -0.25) is 0 Å². The average molecular weight is 290 g/mol. The lowest BCUT2D eigenvalue weighted by Crippen LogP contribution is -2.36. The Labute approximate surface area is 125 Å². The molecule has 0 saturated heterocycles. The molecular weight excluding hydrogens is 267 g/mol. The molecule has 2 rings (SSSR count). The van der Waals surface area contributed by atoms with Gasteiger partial charge in [0, 0.05) is 12.0 Å². The van der Waals surface area contributed by atoms with E-state index in [1.54, 1.807) is 25.3 Å². The van der Waals surface area contributed by atoms with Gasteiger partial charge in [-0.05, 0) is 52.3 Å². The Balaban J connectivity index is 1.97. The third kappa shape index (κ3) is 4.39. The van der Waals surface area contributed by atoms with Gasteiger partial charge >= 0.3 is 0 Å². The molecule has 0 aliphatic heterocycles. The number of hydrogen-bond acceptors (Lipinski definition) is 3. The van der Waals surface area contributed by atoms with Crippen molar-refractivity contribution in [2.75, 3.05) is 6.54 Å². The summed E-state index contributed by atoms with van der Waals surface area (Å²) in [6.07, 6.45) is 3.29. The molecule has 0 unspecified atom stereocenters. The van der Waals surface area contributed by atoms with Crippen molar-refractivity contribution in [3.63, 3.8) is 0 Å². The number of aromatic nitrogens is 1. The van der Waals surface area contributed by atoms with E-state index in [9.17, 15) is 4.39 Å². The van der Waals surface area contributed by atoms with E-state index in [4.69, 9.17) is 4.42 Å². The highest BCUT2D eigenvalue weighted by atomic mass is 19.1. The Kier molecular flexibility index (Phi) is 4.78. The summed E-state index contributed by atoms with van der Waals surface area (Å²) in [4.78, 5) is 4.24. The van der Waals surface area contributed by atoms with Crippen LogP contribution in [0, 0.1) is 12.7 Å². The Hall–Kier alpha value is -1.68. The lowest BCUT2D eigenvalue weighted by molar-refractivity contribution is 0.412. The van der Waals surface area contributed by atoms with Crippen molar-refractivity contribution >= 4 is 0 Å². The number of nitrogens with one attached hydrogen (secondary N) is 1. The molecule has 0 fully saturated rings. The first-order valence-corrected chi connectivity index (χ1v) is 7.32. The Bertz CT molecular complexity index is 599. The molecule has 1 aromatic carbocycles.